The summed E-state index contributed by atoms with van der Waals surface area (Å²) in [5.74, 6) is 1.79. The number of rotatable bonds is 7. The first-order valence-electron chi connectivity index (χ1n) is 9.87. The molecule has 1 fully saturated rings. The predicted octanol–water partition coefficient (Wildman–Crippen LogP) is 4.43. The Kier molecular flexibility index (Phi) is 4.94. The molecule has 1 heterocycles. The fourth-order valence-electron chi connectivity index (χ4n) is 3.52. The van der Waals surface area contributed by atoms with Crippen LogP contribution in [0.3, 0.4) is 0 Å². The van der Waals surface area contributed by atoms with E-state index in [0.717, 1.165) is 65.5 Å². The number of ether oxygens (including phenoxy) is 1. The van der Waals surface area contributed by atoms with Crippen LogP contribution in [0.25, 0.3) is 22.4 Å². The van der Waals surface area contributed by atoms with E-state index in [9.17, 15) is 4.79 Å². The van der Waals surface area contributed by atoms with Gasteiger partial charge in [0.1, 0.15) is 11.6 Å². The molecule has 0 atom stereocenters. The molecule has 6 nitrogen and oxygen atoms in total. The third-order valence-electron chi connectivity index (χ3n) is 5.27. The van der Waals surface area contributed by atoms with Crippen molar-refractivity contribution in [2.45, 2.75) is 26.7 Å². The van der Waals surface area contributed by atoms with Gasteiger partial charge in [0.15, 0.2) is 0 Å². The van der Waals surface area contributed by atoms with E-state index in [0.29, 0.717) is 0 Å². The first-order chi connectivity index (χ1) is 13.6. The fourth-order valence-corrected chi connectivity index (χ4v) is 3.52. The molecule has 2 N–H and O–H groups in total. The van der Waals surface area contributed by atoms with Gasteiger partial charge in [-0.1, -0.05) is 12.1 Å². The first-order valence-corrected chi connectivity index (χ1v) is 9.87. The predicted molar refractivity (Wildman–Crippen MR) is 113 cm³/mol. The number of hydrogen-bond acceptors (Lipinski definition) is 4. The van der Waals surface area contributed by atoms with E-state index in [4.69, 9.17) is 9.72 Å². The Balaban J connectivity index is 1.80. The number of aromatic amines is 1. The van der Waals surface area contributed by atoms with Gasteiger partial charge >= 0.3 is 0 Å². The van der Waals surface area contributed by atoms with Crippen molar-refractivity contribution in [1.29, 1.82) is 0 Å². The molecule has 3 aromatic rings. The molecule has 2 aromatic carbocycles. The van der Waals surface area contributed by atoms with Crippen molar-refractivity contribution in [3.63, 3.8) is 0 Å². The second kappa shape index (κ2) is 7.54. The van der Waals surface area contributed by atoms with Crippen LogP contribution in [0.5, 0.6) is 5.75 Å². The number of methoxy groups -OCH3 is 1. The van der Waals surface area contributed by atoms with E-state index in [1.807, 2.05) is 30.3 Å². The second-order valence-corrected chi connectivity index (χ2v) is 7.11. The number of nitrogens with zero attached hydrogens (tertiary/aromatic N) is 2. The number of para-hydroxylation sites is 1. The van der Waals surface area contributed by atoms with Gasteiger partial charge in [0, 0.05) is 19.0 Å². The highest BCUT2D eigenvalue weighted by Gasteiger charge is 2.30. The Labute approximate surface area is 164 Å². The van der Waals surface area contributed by atoms with Crippen molar-refractivity contribution in [1.82, 2.24) is 9.97 Å². The van der Waals surface area contributed by atoms with Gasteiger partial charge in [-0.15, -0.1) is 0 Å². The molecule has 0 bridgehead atoms. The van der Waals surface area contributed by atoms with E-state index in [1.54, 1.807) is 7.11 Å². The minimum atomic E-state index is 0.105. The zero-order valence-electron chi connectivity index (χ0n) is 16.6. The number of anilines is 2. The lowest BCUT2D eigenvalue weighted by molar-refractivity contribution is -0.117. The lowest BCUT2D eigenvalue weighted by Crippen LogP contribution is -2.24. The lowest BCUT2D eigenvalue weighted by atomic mass is 10.2. The van der Waals surface area contributed by atoms with Gasteiger partial charge in [-0.3, -0.25) is 4.79 Å². The summed E-state index contributed by atoms with van der Waals surface area (Å²) in [7, 11) is 1.66. The van der Waals surface area contributed by atoms with E-state index in [1.165, 1.54) is 0 Å². The van der Waals surface area contributed by atoms with Crippen LogP contribution < -0.4 is 15.0 Å². The number of aromatic nitrogens is 2. The zero-order valence-corrected chi connectivity index (χ0v) is 16.6. The molecule has 1 amide bonds. The maximum atomic E-state index is 12.4. The molecular weight excluding hydrogens is 352 g/mol. The highest BCUT2D eigenvalue weighted by molar-refractivity contribution is 6.00. The number of carbonyl (C=O) groups excluding carboxylic acids is 1. The van der Waals surface area contributed by atoms with Crippen molar-refractivity contribution < 1.29 is 9.53 Å². The highest BCUT2D eigenvalue weighted by atomic mass is 16.5. The third-order valence-corrected chi connectivity index (χ3v) is 5.27. The molecule has 1 aliphatic carbocycles. The topological polar surface area (TPSA) is 70.2 Å². The molecule has 0 radical (unpaired) electrons. The SMILES string of the molecule is CCN(CC)c1cc2[nH]c(-c3ccccc3OC)nc2cc1NC(=O)C1CC1. The van der Waals surface area contributed by atoms with Crippen LogP contribution in [0, 0.1) is 5.92 Å². The van der Waals surface area contributed by atoms with E-state index in [2.05, 4.69) is 35.1 Å². The minimum Gasteiger partial charge on any atom is -0.496 e. The van der Waals surface area contributed by atoms with Gasteiger partial charge in [-0.2, -0.15) is 0 Å². The van der Waals surface area contributed by atoms with Crippen molar-refractivity contribution in [2.75, 3.05) is 30.4 Å². The van der Waals surface area contributed by atoms with Crippen LogP contribution in [0.2, 0.25) is 0 Å². The molecule has 0 spiro atoms. The lowest BCUT2D eigenvalue weighted by Gasteiger charge is -2.24. The number of nitrogens with one attached hydrogen (secondary N) is 2. The number of benzene rings is 2. The standard InChI is InChI=1S/C22H26N4O2/c1-4-26(5-2)19-13-17-16(12-18(19)25-22(27)14-10-11-14)23-21(24-17)15-8-6-7-9-20(15)28-3/h6-9,12-14H,4-5,10-11H2,1-3H3,(H,23,24)(H,25,27). The smallest absolute Gasteiger partial charge is 0.227 e. The summed E-state index contributed by atoms with van der Waals surface area (Å²) in [6.07, 6.45) is 1.96. The number of hydrogen-bond donors (Lipinski definition) is 2. The number of imidazole rings is 1. The van der Waals surface area contributed by atoms with Crippen LogP contribution in [-0.4, -0.2) is 36.1 Å². The number of H-pyrrole nitrogens is 1. The molecule has 0 aliphatic heterocycles. The second-order valence-electron chi connectivity index (χ2n) is 7.11. The summed E-state index contributed by atoms with van der Waals surface area (Å²) >= 11 is 0. The molecule has 0 saturated heterocycles. The Bertz CT molecular complexity index is 1000. The first kappa shape index (κ1) is 18.3. The number of fused-ring (bicyclic) bond motifs is 1. The van der Waals surface area contributed by atoms with Gasteiger partial charge in [0.2, 0.25) is 5.91 Å². The third kappa shape index (κ3) is 3.42. The summed E-state index contributed by atoms with van der Waals surface area (Å²) < 4.78 is 5.48. The van der Waals surface area contributed by atoms with Crippen molar-refractivity contribution in [3.8, 4) is 17.1 Å². The van der Waals surface area contributed by atoms with Crippen molar-refractivity contribution in [2.24, 2.45) is 5.92 Å². The summed E-state index contributed by atoms with van der Waals surface area (Å²) in [5, 5.41) is 3.13. The monoisotopic (exact) mass is 378 g/mol. The molecular formula is C22H26N4O2. The van der Waals surface area contributed by atoms with Crippen molar-refractivity contribution >= 4 is 28.3 Å². The summed E-state index contributed by atoms with van der Waals surface area (Å²) in [4.78, 5) is 22.8. The van der Waals surface area contributed by atoms with Gasteiger partial charge in [0.25, 0.3) is 0 Å². The molecule has 4 rings (SSSR count). The van der Waals surface area contributed by atoms with Gasteiger partial charge < -0.3 is 19.9 Å². The molecule has 28 heavy (non-hydrogen) atoms. The summed E-state index contributed by atoms with van der Waals surface area (Å²) in [5.41, 5.74) is 4.51. The highest BCUT2D eigenvalue weighted by Crippen LogP contribution is 2.36. The average Bonchev–Trinajstić information content (AvgIpc) is 3.49. The molecule has 1 saturated carbocycles. The van der Waals surface area contributed by atoms with E-state index >= 15 is 0 Å². The van der Waals surface area contributed by atoms with Crippen LogP contribution in [-0.2, 0) is 4.79 Å². The Hall–Kier alpha value is -3.02. The Morgan fingerprint density at radius 1 is 1.25 bits per heavy atom. The van der Waals surface area contributed by atoms with Crippen LogP contribution in [0.15, 0.2) is 36.4 Å². The molecule has 0 unspecified atom stereocenters. The maximum Gasteiger partial charge on any atom is 0.227 e. The van der Waals surface area contributed by atoms with Gasteiger partial charge in [-0.25, -0.2) is 4.98 Å². The Morgan fingerprint density at radius 3 is 2.68 bits per heavy atom. The number of amides is 1. The average molecular weight is 378 g/mol. The quantitative estimate of drug-likeness (QED) is 0.638. The van der Waals surface area contributed by atoms with E-state index < -0.39 is 0 Å². The molecule has 146 valence electrons. The van der Waals surface area contributed by atoms with E-state index in [-0.39, 0.29) is 11.8 Å². The maximum absolute atomic E-state index is 12.4. The molecule has 1 aromatic heterocycles. The number of carbonyl (C=O) groups is 1. The molecule has 1 aliphatic rings. The zero-order chi connectivity index (χ0) is 19.7. The normalized spacial score (nSPS) is 13.5. The Morgan fingerprint density at radius 2 is 2.00 bits per heavy atom. The largest absolute Gasteiger partial charge is 0.496 e. The van der Waals surface area contributed by atoms with Crippen molar-refractivity contribution in [3.05, 3.63) is 36.4 Å². The van der Waals surface area contributed by atoms with Crippen LogP contribution in [0.1, 0.15) is 26.7 Å². The fraction of sp³-hybridized carbons (Fsp3) is 0.364. The van der Waals surface area contributed by atoms with Crippen LogP contribution in [0.4, 0.5) is 11.4 Å². The van der Waals surface area contributed by atoms with Gasteiger partial charge in [0.05, 0.1) is 35.1 Å². The summed E-state index contributed by atoms with van der Waals surface area (Å²) in [6, 6.07) is 11.9. The van der Waals surface area contributed by atoms with Gasteiger partial charge in [-0.05, 0) is 51.0 Å². The molecule has 6 heteroatoms. The summed E-state index contributed by atoms with van der Waals surface area (Å²) in [6.45, 7) is 5.96. The van der Waals surface area contributed by atoms with Crippen LogP contribution >= 0.6 is 0 Å². The minimum absolute atomic E-state index is 0.105.